The standard InChI is InChI=1S/C19H16FN5O3S/c1-2-10-24-18(15-8-3-4-9-16(15)20)22-23-19(24)29-12-17(26)21-13-6-5-7-14(11-13)25(27)28/h2-9,11H,1,10,12H2,(H,21,26). The third kappa shape index (κ3) is 4.85. The van der Waals surface area contributed by atoms with Gasteiger partial charge in [-0.15, -0.1) is 16.8 Å². The van der Waals surface area contributed by atoms with Gasteiger partial charge in [-0.25, -0.2) is 4.39 Å². The van der Waals surface area contributed by atoms with Crippen LogP contribution in [0.3, 0.4) is 0 Å². The largest absolute Gasteiger partial charge is 0.325 e. The van der Waals surface area contributed by atoms with E-state index in [9.17, 15) is 19.3 Å². The molecule has 0 fully saturated rings. The summed E-state index contributed by atoms with van der Waals surface area (Å²) >= 11 is 1.12. The number of aromatic nitrogens is 3. The van der Waals surface area contributed by atoms with Crippen LogP contribution in [0.15, 0.2) is 66.3 Å². The first-order valence-electron chi connectivity index (χ1n) is 8.45. The molecule has 0 radical (unpaired) electrons. The van der Waals surface area contributed by atoms with Crippen molar-refractivity contribution >= 4 is 29.0 Å². The molecule has 3 rings (SSSR count). The summed E-state index contributed by atoms with van der Waals surface area (Å²) in [7, 11) is 0. The number of anilines is 1. The Labute approximate surface area is 169 Å². The third-order valence-corrected chi connectivity index (χ3v) is 4.78. The Hall–Kier alpha value is -3.53. The molecule has 10 heteroatoms. The predicted molar refractivity (Wildman–Crippen MR) is 108 cm³/mol. The van der Waals surface area contributed by atoms with Gasteiger partial charge < -0.3 is 5.32 Å². The van der Waals surface area contributed by atoms with Crippen molar-refractivity contribution in [3.63, 3.8) is 0 Å². The summed E-state index contributed by atoms with van der Waals surface area (Å²) in [6, 6.07) is 11.9. The molecule has 29 heavy (non-hydrogen) atoms. The minimum Gasteiger partial charge on any atom is -0.325 e. The van der Waals surface area contributed by atoms with Gasteiger partial charge in [0.05, 0.1) is 16.2 Å². The SMILES string of the molecule is C=CCn1c(SCC(=O)Nc2cccc([N+](=O)[O-])c2)nnc1-c1ccccc1F. The quantitative estimate of drug-likeness (QED) is 0.260. The second-order valence-corrected chi connectivity index (χ2v) is 6.77. The zero-order chi connectivity index (χ0) is 20.8. The van der Waals surface area contributed by atoms with Crippen LogP contribution >= 0.6 is 11.8 Å². The molecule has 0 saturated carbocycles. The van der Waals surface area contributed by atoms with E-state index in [1.807, 2.05) is 0 Å². The fourth-order valence-corrected chi connectivity index (χ4v) is 3.30. The number of amides is 1. The number of hydrogen-bond donors (Lipinski definition) is 1. The van der Waals surface area contributed by atoms with Crippen LogP contribution in [0.5, 0.6) is 0 Å². The summed E-state index contributed by atoms with van der Waals surface area (Å²) in [5.41, 5.74) is 0.509. The van der Waals surface area contributed by atoms with Crippen LogP contribution in [-0.4, -0.2) is 31.3 Å². The van der Waals surface area contributed by atoms with Gasteiger partial charge in [-0.05, 0) is 18.2 Å². The van der Waals surface area contributed by atoms with Gasteiger partial charge in [0.1, 0.15) is 5.82 Å². The van der Waals surface area contributed by atoms with Crippen molar-refractivity contribution in [3.05, 3.63) is 77.1 Å². The van der Waals surface area contributed by atoms with Crippen molar-refractivity contribution in [3.8, 4) is 11.4 Å². The minimum absolute atomic E-state index is 0.00472. The molecule has 8 nitrogen and oxygen atoms in total. The molecular formula is C19H16FN5O3S. The molecule has 0 aliphatic heterocycles. The molecule has 0 unspecified atom stereocenters. The van der Waals surface area contributed by atoms with Gasteiger partial charge in [0.15, 0.2) is 11.0 Å². The van der Waals surface area contributed by atoms with E-state index in [-0.39, 0.29) is 17.3 Å². The van der Waals surface area contributed by atoms with Crippen molar-refractivity contribution in [1.82, 2.24) is 14.8 Å². The van der Waals surface area contributed by atoms with Crippen LogP contribution in [0.2, 0.25) is 0 Å². The van der Waals surface area contributed by atoms with Crippen molar-refractivity contribution in [2.24, 2.45) is 0 Å². The van der Waals surface area contributed by atoms with Gasteiger partial charge in [-0.1, -0.05) is 36.0 Å². The monoisotopic (exact) mass is 413 g/mol. The van der Waals surface area contributed by atoms with E-state index < -0.39 is 10.7 Å². The molecule has 0 aliphatic carbocycles. The first-order valence-corrected chi connectivity index (χ1v) is 9.44. The molecule has 1 heterocycles. The summed E-state index contributed by atoms with van der Waals surface area (Å²) < 4.78 is 15.8. The van der Waals surface area contributed by atoms with Gasteiger partial charge >= 0.3 is 0 Å². The number of thioether (sulfide) groups is 1. The Balaban J connectivity index is 1.73. The third-order valence-electron chi connectivity index (χ3n) is 3.82. The maximum absolute atomic E-state index is 14.1. The summed E-state index contributed by atoms with van der Waals surface area (Å²) in [4.78, 5) is 22.5. The van der Waals surface area contributed by atoms with Crippen molar-refractivity contribution < 1.29 is 14.1 Å². The summed E-state index contributed by atoms with van der Waals surface area (Å²) in [5.74, 6) is -0.458. The summed E-state index contributed by atoms with van der Waals surface area (Å²) in [6.07, 6.45) is 1.63. The number of carbonyl (C=O) groups excluding carboxylic acids is 1. The smallest absolute Gasteiger partial charge is 0.271 e. The van der Waals surface area contributed by atoms with Gasteiger partial charge in [0.2, 0.25) is 5.91 Å². The molecule has 0 saturated heterocycles. The van der Waals surface area contributed by atoms with E-state index >= 15 is 0 Å². The molecule has 1 aromatic heterocycles. The Morgan fingerprint density at radius 2 is 2.07 bits per heavy atom. The van der Waals surface area contributed by atoms with Crippen molar-refractivity contribution in [2.75, 3.05) is 11.1 Å². The molecule has 0 atom stereocenters. The zero-order valence-corrected chi connectivity index (χ0v) is 15.9. The molecule has 0 spiro atoms. The lowest BCUT2D eigenvalue weighted by molar-refractivity contribution is -0.384. The highest BCUT2D eigenvalue weighted by atomic mass is 32.2. The second kappa shape index (κ2) is 9.11. The van der Waals surface area contributed by atoms with E-state index in [2.05, 4.69) is 22.1 Å². The topological polar surface area (TPSA) is 103 Å². The molecule has 2 aromatic carbocycles. The number of halogens is 1. The van der Waals surface area contributed by atoms with E-state index in [0.717, 1.165) is 11.8 Å². The van der Waals surface area contributed by atoms with E-state index in [4.69, 9.17) is 0 Å². The van der Waals surface area contributed by atoms with Crippen molar-refractivity contribution in [2.45, 2.75) is 11.7 Å². The van der Waals surface area contributed by atoms with Gasteiger partial charge in [-0.2, -0.15) is 0 Å². The molecule has 1 N–H and O–H groups in total. The highest BCUT2D eigenvalue weighted by molar-refractivity contribution is 7.99. The molecule has 148 valence electrons. The Bertz CT molecular complexity index is 1070. The maximum atomic E-state index is 14.1. The highest BCUT2D eigenvalue weighted by Crippen LogP contribution is 2.26. The van der Waals surface area contributed by atoms with E-state index in [0.29, 0.717) is 28.8 Å². The lowest BCUT2D eigenvalue weighted by Crippen LogP contribution is -2.14. The number of nitrogens with zero attached hydrogens (tertiary/aromatic N) is 4. The van der Waals surface area contributed by atoms with Crippen molar-refractivity contribution in [1.29, 1.82) is 0 Å². The van der Waals surface area contributed by atoms with Crippen LogP contribution in [0.1, 0.15) is 0 Å². The Morgan fingerprint density at radius 1 is 1.28 bits per heavy atom. The van der Waals surface area contributed by atoms with E-state index in [1.54, 1.807) is 34.9 Å². The maximum Gasteiger partial charge on any atom is 0.271 e. The number of hydrogen-bond acceptors (Lipinski definition) is 6. The van der Waals surface area contributed by atoms with Gasteiger partial charge in [0.25, 0.3) is 5.69 Å². The van der Waals surface area contributed by atoms with E-state index in [1.165, 1.54) is 24.3 Å². The molecule has 1 amide bonds. The number of benzene rings is 2. The van der Waals surface area contributed by atoms with Crippen LogP contribution in [0.4, 0.5) is 15.8 Å². The first-order chi connectivity index (χ1) is 14.0. The fraction of sp³-hybridized carbons (Fsp3) is 0.105. The number of allylic oxidation sites excluding steroid dienone is 1. The van der Waals surface area contributed by atoms with Gasteiger partial charge in [0, 0.05) is 24.4 Å². The average molecular weight is 413 g/mol. The van der Waals surface area contributed by atoms with Crippen LogP contribution in [0.25, 0.3) is 11.4 Å². The Morgan fingerprint density at radius 3 is 2.79 bits per heavy atom. The summed E-state index contributed by atoms with van der Waals surface area (Å²) in [5, 5.41) is 22.0. The number of nitrogens with one attached hydrogen (secondary N) is 1. The minimum atomic E-state index is -0.535. The van der Waals surface area contributed by atoms with Crippen LogP contribution in [-0.2, 0) is 11.3 Å². The molecule has 0 bridgehead atoms. The normalized spacial score (nSPS) is 10.5. The number of non-ortho nitro benzene ring substituents is 1. The number of carbonyl (C=O) groups is 1. The molecule has 3 aromatic rings. The molecule has 0 aliphatic rings. The number of nitro benzene ring substituents is 1. The number of nitro groups is 1. The summed E-state index contributed by atoms with van der Waals surface area (Å²) in [6.45, 7) is 4.03. The lowest BCUT2D eigenvalue weighted by Gasteiger charge is -2.08. The van der Waals surface area contributed by atoms with Crippen LogP contribution < -0.4 is 5.32 Å². The predicted octanol–water partition coefficient (Wildman–Crippen LogP) is 3.91. The Kier molecular flexibility index (Phi) is 6.35. The van der Waals surface area contributed by atoms with Gasteiger partial charge in [-0.3, -0.25) is 19.5 Å². The van der Waals surface area contributed by atoms with Crippen LogP contribution in [0, 0.1) is 15.9 Å². The lowest BCUT2D eigenvalue weighted by atomic mass is 10.2. The number of rotatable bonds is 8. The first kappa shape index (κ1) is 20.2. The zero-order valence-electron chi connectivity index (χ0n) is 15.1. The molecular weight excluding hydrogens is 397 g/mol. The fourth-order valence-electron chi connectivity index (χ4n) is 2.56. The highest BCUT2D eigenvalue weighted by Gasteiger charge is 2.17. The average Bonchev–Trinajstić information content (AvgIpc) is 3.10. The second-order valence-electron chi connectivity index (χ2n) is 5.83.